The van der Waals surface area contributed by atoms with Crippen molar-refractivity contribution in [2.45, 2.75) is 25.4 Å². The maximum absolute atomic E-state index is 11.9. The van der Waals surface area contributed by atoms with Crippen molar-refractivity contribution in [3.63, 3.8) is 0 Å². The summed E-state index contributed by atoms with van der Waals surface area (Å²) in [7, 11) is -3.59. The maximum atomic E-state index is 11.9. The fourth-order valence-corrected chi connectivity index (χ4v) is 3.03. The average molecular weight is 300 g/mol. The van der Waals surface area contributed by atoms with Crippen LogP contribution in [0.2, 0.25) is 0 Å². The minimum absolute atomic E-state index is 0.286. The first kappa shape index (κ1) is 15.3. The van der Waals surface area contributed by atoms with Gasteiger partial charge in [0.05, 0.1) is 19.3 Å². The fraction of sp³-hybridized carbons (Fsp3) is 0.769. The maximum Gasteiger partial charge on any atom is 0.265 e. The predicted molar refractivity (Wildman–Crippen MR) is 74.4 cm³/mol. The van der Waals surface area contributed by atoms with Gasteiger partial charge in [-0.05, 0) is 25.9 Å². The number of carbonyl (C=O) groups excluding carboxylic acids is 1. The van der Waals surface area contributed by atoms with Crippen LogP contribution in [0.15, 0.2) is 0 Å². The van der Waals surface area contributed by atoms with E-state index >= 15 is 0 Å². The van der Waals surface area contributed by atoms with Crippen molar-refractivity contribution in [1.82, 2.24) is 9.80 Å². The Bertz CT molecular complexity index is 514. The smallest absolute Gasteiger partial charge is 0.265 e. The van der Waals surface area contributed by atoms with Gasteiger partial charge in [-0.1, -0.05) is 11.8 Å². The summed E-state index contributed by atoms with van der Waals surface area (Å²) in [4.78, 5) is 15.7. The summed E-state index contributed by atoms with van der Waals surface area (Å²) in [6.07, 6.45) is 2.96. The Morgan fingerprint density at radius 3 is 2.50 bits per heavy atom. The third kappa shape index (κ3) is 4.47. The normalized spacial score (nSPS) is 23.9. The molecule has 2 aliphatic heterocycles. The van der Waals surface area contributed by atoms with Crippen LogP contribution in [0.25, 0.3) is 0 Å². The second-order valence-electron chi connectivity index (χ2n) is 5.17. The molecule has 0 bridgehead atoms. The third-order valence-electron chi connectivity index (χ3n) is 3.44. The van der Waals surface area contributed by atoms with Gasteiger partial charge in [0, 0.05) is 13.0 Å². The van der Waals surface area contributed by atoms with Crippen LogP contribution in [0.5, 0.6) is 0 Å². The molecule has 0 aromatic carbocycles. The van der Waals surface area contributed by atoms with Crippen molar-refractivity contribution < 1.29 is 17.4 Å². The molecule has 0 spiro atoms. The van der Waals surface area contributed by atoms with E-state index in [-0.39, 0.29) is 5.91 Å². The van der Waals surface area contributed by atoms with Crippen molar-refractivity contribution in [3.05, 3.63) is 0 Å². The molecule has 0 aliphatic carbocycles. The molecule has 2 rings (SSSR count). The molecule has 0 radical (unpaired) electrons. The van der Waals surface area contributed by atoms with Crippen LogP contribution in [-0.2, 0) is 19.1 Å². The highest BCUT2D eigenvalue weighted by molar-refractivity contribution is 7.86. The molecule has 112 valence electrons. The van der Waals surface area contributed by atoms with E-state index in [9.17, 15) is 13.2 Å². The minimum atomic E-state index is -3.59. The summed E-state index contributed by atoms with van der Waals surface area (Å²) in [5.41, 5.74) is 0. The van der Waals surface area contributed by atoms with Gasteiger partial charge in [0.1, 0.15) is 0 Å². The molecular formula is C13H20N2O4S. The van der Waals surface area contributed by atoms with Crippen LogP contribution >= 0.6 is 0 Å². The number of nitrogens with zero attached hydrogens (tertiary/aromatic N) is 2. The van der Waals surface area contributed by atoms with Crippen LogP contribution < -0.4 is 0 Å². The number of carbonyl (C=O) groups is 1. The lowest BCUT2D eigenvalue weighted by molar-refractivity contribution is -0.132. The average Bonchev–Trinajstić information content (AvgIpc) is 2.97. The first-order valence-corrected chi connectivity index (χ1v) is 8.62. The second-order valence-corrected chi connectivity index (χ2v) is 6.77. The van der Waals surface area contributed by atoms with Crippen molar-refractivity contribution in [2.24, 2.45) is 0 Å². The third-order valence-corrected chi connectivity index (χ3v) is 4.02. The highest BCUT2D eigenvalue weighted by Crippen LogP contribution is 2.15. The number of rotatable bonds is 4. The topological polar surface area (TPSA) is 66.9 Å². The summed E-state index contributed by atoms with van der Waals surface area (Å²) >= 11 is 0. The van der Waals surface area contributed by atoms with E-state index in [4.69, 9.17) is 4.18 Å². The molecule has 0 aromatic rings. The molecule has 0 N–H and O–H groups in total. The Hall–Kier alpha value is -1.10. The Labute approximate surface area is 120 Å². The Balaban J connectivity index is 1.77. The molecule has 2 aliphatic rings. The van der Waals surface area contributed by atoms with E-state index in [0.717, 1.165) is 25.9 Å². The van der Waals surface area contributed by atoms with Gasteiger partial charge in [-0.25, -0.2) is 0 Å². The Morgan fingerprint density at radius 2 is 1.85 bits per heavy atom. The molecule has 1 unspecified atom stereocenters. The van der Waals surface area contributed by atoms with Crippen molar-refractivity contribution >= 4 is 16.0 Å². The molecular weight excluding hydrogens is 280 g/mol. The summed E-state index contributed by atoms with van der Waals surface area (Å²) in [6, 6.07) is 0. The van der Waals surface area contributed by atoms with E-state index in [0.29, 0.717) is 19.5 Å². The molecule has 20 heavy (non-hydrogen) atoms. The second kappa shape index (κ2) is 6.57. The molecule has 1 atom stereocenters. The number of hydrogen-bond acceptors (Lipinski definition) is 5. The molecule has 1 amide bonds. The first-order valence-electron chi connectivity index (χ1n) is 6.81. The van der Waals surface area contributed by atoms with Crippen molar-refractivity contribution in [2.75, 3.05) is 39.0 Å². The van der Waals surface area contributed by atoms with Gasteiger partial charge < -0.3 is 4.90 Å². The van der Waals surface area contributed by atoms with E-state index in [1.165, 1.54) is 12.8 Å². The van der Waals surface area contributed by atoms with Gasteiger partial charge in [0.2, 0.25) is 0 Å². The predicted octanol–water partition coefficient (Wildman–Crippen LogP) is -0.337. The van der Waals surface area contributed by atoms with E-state index in [2.05, 4.69) is 16.7 Å². The lowest BCUT2D eigenvalue weighted by Gasteiger charge is -2.13. The van der Waals surface area contributed by atoms with Crippen LogP contribution in [0.4, 0.5) is 0 Å². The SMILES string of the molecule is CS(=O)(=O)OC1CCN(CC#CCN2CCCC2)C1=O. The molecule has 2 fully saturated rings. The van der Waals surface area contributed by atoms with Gasteiger partial charge >= 0.3 is 0 Å². The van der Waals surface area contributed by atoms with Crippen molar-refractivity contribution in [1.29, 1.82) is 0 Å². The molecule has 6 nitrogen and oxygen atoms in total. The van der Waals surface area contributed by atoms with Crippen LogP contribution in [-0.4, -0.2) is 69.2 Å². The summed E-state index contributed by atoms with van der Waals surface area (Å²) in [5, 5.41) is 0. The van der Waals surface area contributed by atoms with E-state index in [1.807, 2.05) is 0 Å². The molecule has 0 aromatic heterocycles. The van der Waals surface area contributed by atoms with E-state index in [1.54, 1.807) is 4.90 Å². The lowest BCUT2D eigenvalue weighted by atomic mass is 10.3. The summed E-state index contributed by atoms with van der Waals surface area (Å²) < 4.78 is 26.8. The number of amides is 1. The van der Waals surface area contributed by atoms with E-state index < -0.39 is 16.2 Å². The van der Waals surface area contributed by atoms with Gasteiger partial charge in [-0.3, -0.25) is 13.9 Å². The number of hydrogen-bond donors (Lipinski definition) is 0. The standard InChI is InChI=1S/C13H20N2O4S/c1-20(17,18)19-12-6-11-15(13(12)16)10-5-4-9-14-7-2-3-8-14/h12H,2-3,6-11H2,1H3. The molecule has 2 saturated heterocycles. The van der Waals surface area contributed by atoms with Crippen LogP contribution in [0, 0.1) is 11.8 Å². The van der Waals surface area contributed by atoms with Gasteiger partial charge in [0.15, 0.2) is 6.10 Å². The number of likely N-dealkylation sites (tertiary alicyclic amines) is 2. The molecule has 0 saturated carbocycles. The minimum Gasteiger partial charge on any atom is -0.329 e. The van der Waals surface area contributed by atoms with Gasteiger partial charge in [-0.15, -0.1) is 0 Å². The largest absolute Gasteiger partial charge is 0.329 e. The molecule has 2 heterocycles. The van der Waals surface area contributed by atoms with Crippen molar-refractivity contribution in [3.8, 4) is 11.8 Å². The zero-order valence-corrected chi connectivity index (χ0v) is 12.5. The first-order chi connectivity index (χ1) is 9.46. The summed E-state index contributed by atoms with van der Waals surface area (Å²) in [5.74, 6) is 5.75. The summed E-state index contributed by atoms with van der Waals surface area (Å²) in [6.45, 7) is 3.78. The quantitative estimate of drug-likeness (QED) is 0.525. The highest BCUT2D eigenvalue weighted by Gasteiger charge is 2.34. The Morgan fingerprint density at radius 1 is 1.20 bits per heavy atom. The van der Waals surface area contributed by atoms with Crippen LogP contribution in [0.3, 0.4) is 0 Å². The molecule has 7 heteroatoms. The van der Waals surface area contributed by atoms with Gasteiger partial charge in [-0.2, -0.15) is 8.42 Å². The van der Waals surface area contributed by atoms with Crippen LogP contribution in [0.1, 0.15) is 19.3 Å². The van der Waals surface area contributed by atoms with Gasteiger partial charge in [0.25, 0.3) is 16.0 Å². The lowest BCUT2D eigenvalue weighted by Crippen LogP contribution is -2.32. The zero-order chi connectivity index (χ0) is 14.6. The Kier molecular flexibility index (Phi) is 5.02. The zero-order valence-electron chi connectivity index (χ0n) is 11.7. The fourth-order valence-electron chi connectivity index (χ4n) is 2.43. The highest BCUT2D eigenvalue weighted by atomic mass is 32.2. The monoisotopic (exact) mass is 300 g/mol.